The fourth-order valence-corrected chi connectivity index (χ4v) is 2.10. The average Bonchev–Trinajstić information content (AvgIpc) is 2.65. The van der Waals surface area contributed by atoms with Gasteiger partial charge in [-0.15, -0.1) is 0 Å². The molecule has 0 heterocycles. The molecule has 0 aromatic rings. The van der Waals surface area contributed by atoms with Gasteiger partial charge in [0.15, 0.2) is 0 Å². The lowest BCUT2D eigenvalue weighted by atomic mass is 10.0. The fourth-order valence-electron chi connectivity index (χ4n) is 2.10. The van der Waals surface area contributed by atoms with Crippen molar-refractivity contribution in [1.82, 2.24) is 5.32 Å². The Morgan fingerprint density at radius 3 is 2.79 bits per heavy atom. The van der Waals surface area contributed by atoms with Crippen LogP contribution in [-0.4, -0.2) is 26.2 Å². The maximum atomic E-state index is 11.0. The molecule has 0 spiro atoms. The minimum Gasteiger partial charge on any atom is -0.375 e. The number of methoxy groups -OCH3 is 1. The second-order valence-electron chi connectivity index (χ2n) is 4.08. The normalized spacial score (nSPS) is 17.2. The molecule has 3 heteroatoms. The summed E-state index contributed by atoms with van der Waals surface area (Å²) < 4.78 is 4.72. The van der Waals surface area contributed by atoms with Crippen LogP contribution in [-0.2, 0) is 9.53 Å². The summed E-state index contributed by atoms with van der Waals surface area (Å²) in [4.78, 5) is 11.0. The maximum Gasteiger partial charge on any atom is 0.245 e. The molecule has 0 aliphatic heterocycles. The van der Waals surface area contributed by atoms with E-state index in [4.69, 9.17) is 4.74 Å². The molecule has 0 radical (unpaired) electrons. The zero-order valence-electron chi connectivity index (χ0n) is 9.05. The van der Waals surface area contributed by atoms with E-state index in [1.807, 2.05) is 0 Å². The molecular weight excluding hydrogens is 178 g/mol. The minimum atomic E-state index is -0.000998. The van der Waals surface area contributed by atoms with Crippen molar-refractivity contribution in [2.24, 2.45) is 5.92 Å². The van der Waals surface area contributed by atoms with Crippen LogP contribution in [0.25, 0.3) is 0 Å². The number of rotatable bonds is 6. The largest absolute Gasteiger partial charge is 0.375 e. The molecule has 0 bridgehead atoms. The Hall–Kier alpha value is -0.570. The van der Waals surface area contributed by atoms with E-state index in [1.165, 1.54) is 39.2 Å². The summed E-state index contributed by atoms with van der Waals surface area (Å²) in [6, 6.07) is 0. The SMILES string of the molecule is COCC(=O)NCCCC1CCCC1. The first-order valence-electron chi connectivity index (χ1n) is 5.58. The van der Waals surface area contributed by atoms with Gasteiger partial charge in [0.1, 0.15) is 6.61 Å². The van der Waals surface area contributed by atoms with Crippen LogP contribution < -0.4 is 5.32 Å². The zero-order chi connectivity index (χ0) is 10.2. The van der Waals surface area contributed by atoms with Gasteiger partial charge < -0.3 is 10.1 Å². The highest BCUT2D eigenvalue weighted by molar-refractivity contribution is 5.77. The molecule has 0 aromatic heterocycles. The molecule has 82 valence electrons. The van der Waals surface area contributed by atoms with Crippen LogP contribution in [0.5, 0.6) is 0 Å². The molecule has 0 aromatic carbocycles. The van der Waals surface area contributed by atoms with E-state index in [2.05, 4.69) is 5.32 Å². The summed E-state index contributed by atoms with van der Waals surface area (Å²) >= 11 is 0. The van der Waals surface area contributed by atoms with E-state index in [0.717, 1.165) is 18.9 Å². The summed E-state index contributed by atoms with van der Waals surface area (Å²) in [5.74, 6) is 0.924. The van der Waals surface area contributed by atoms with Crippen LogP contribution in [0, 0.1) is 5.92 Å². The van der Waals surface area contributed by atoms with E-state index >= 15 is 0 Å². The van der Waals surface area contributed by atoms with Crippen LogP contribution in [0.15, 0.2) is 0 Å². The van der Waals surface area contributed by atoms with Gasteiger partial charge in [-0.1, -0.05) is 25.7 Å². The molecule has 1 saturated carbocycles. The third kappa shape index (κ3) is 4.61. The quantitative estimate of drug-likeness (QED) is 0.661. The molecule has 1 aliphatic carbocycles. The number of hydrogen-bond donors (Lipinski definition) is 1. The molecule has 14 heavy (non-hydrogen) atoms. The highest BCUT2D eigenvalue weighted by atomic mass is 16.5. The summed E-state index contributed by atoms with van der Waals surface area (Å²) in [7, 11) is 1.54. The maximum absolute atomic E-state index is 11.0. The highest BCUT2D eigenvalue weighted by Gasteiger charge is 2.13. The Bertz CT molecular complexity index is 165. The molecule has 0 saturated heterocycles. The zero-order valence-corrected chi connectivity index (χ0v) is 9.05. The monoisotopic (exact) mass is 199 g/mol. The van der Waals surface area contributed by atoms with Gasteiger partial charge in [0.25, 0.3) is 0 Å². The van der Waals surface area contributed by atoms with Gasteiger partial charge in [0, 0.05) is 13.7 Å². The highest BCUT2D eigenvalue weighted by Crippen LogP contribution is 2.28. The summed E-state index contributed by atoms with van der Waals surface area (Å²) in [5.41, 5.74) is 0. The van der Waals surface area contributed by atoms with Crippen molar-refractivity contribution in [3.8, 4) is 0 Å². The van der Waals surface area contributed by atoms with Crippen molar-refractivity contribution < 1.29 is 9.53 Å². The number of amides is 1. The predicted molar refractivity (Wildman–Crippen MR) is 56.1 cm³/mol. The second kappa shape index (κ2) is 6.82. The topological polar surface area (TPSA) is 38.3 Å². The molecule has 0 atom stereocenters. The van der Waals surface area contributed by atoms with Gasteiger partial charge in [0.2, 0.25) is 5.91 Å². The molecule has 0 unspecified atom stereocenters. The second-order valence-corrected chi connectivity index (χ2v) is 4.08. The van der Waals surface area contributed by atoms with E-state index in [-0.39, 0.29) is 12.5 Å². The number of nitrogens with one attached hydrogen (secondary N) is 1. The summed E-state index contributed by atoms with van der Waals surface area (Å²) in [6.45, 7) is 0.988. The van der Waals surface area contributed by atoms with Gasteiger partial charge >= 0.3 is 0 Å². The summed E-state index contributed by atoms with van der Waals surface area (Å²) in [6.07, 6.45) is 7.98. The molecule has 1 fully saturated rings. The minimum absolute atomic E-state index is 0.000998. The lowest BCUT2D eigenvalue weighted by molar-refractivity contribution is -0.124. The van der Waals surface area contributed by atoms with Crippen molar-refractivity contribution >= 4 is 5.91 Å². The Labute approximate surface area is 86.2 Å². The van der Waals surface area contributed by atoms with Gasteiger partial charge in [-0.25, -0.2) is 0 Å². The first-order valence-corrected chi connectivity index (χ1v) is 5.58. The Kier molecular flexibility index (Phi) is 5.60. The van der Waals surface area contributed by atoms with Gasteiger partial charge in [-0.05, 0) is 18.8 Å². The third-order valence-corrected chi connectivity index (χ3v) is 2.86. The Morgan fingerprint density at radius 2 is 2.14 bits per heavy atom. The number of carbonyl (C=O) groups excluding carboxylic acids is 1. The first-order chi connectivity index (χ1) is 6.83. The van der Waals surface area contributed by atoms with Crippen molar-refractivity contribution in [3.05, 3.63) is 0 Å². The van der Waals surface area contributed by atoms with Gasteiger partial charge in [-0.3, -0.25) is 4.79 Å². The smallest absolute Gasteiger partial charge is 0.245 e. The van der Waals surface area contributed by atoms with Gasteiger partial charge in [0.05, 0.1) is 0 Å². The van der Waals surface area contributed by atoms with Crippen molar-refractivity contribution in [2.45, 2.75) is 38.5 Å². The number of ether oxygens (including phenoxy) is 1. The van der Waals surface area contributed by atoms with Crippen molar-refractivity contribution in [1.29, 1.82) is 0 Å². The standard InChI is InChI=1S/C11H21NO2/c1-14-9-11(13)12-8-4-7-10-5-2-3-6-10/h10H,2-9H2,1H3,(H,12,13). The van der Waals surface area contributed by atoms with Crippen molar-refractivity contribution in [2.75, 3.05) is 20.3 Å². The average molecular weight is 199 g/mol. The van der Waals surface area contributed by atoms with E-state index < -0.39 is 0 Å². The molecule has 1 amide bonds. The molecule has 1 aliphatic rings. The molecule has 3 nitrogen and oxygen atoms in total. The molecule has 1 N–H and O–H groups in total. The predicted octanol–water partition coefficient (Wildman–Crippen LogP) is 1.72. The summed E-state index contributed by atoms with van der Waals surface area (Å²) in [5, 5.41) is 2.84. The van der Waals surface area contributed by atoms with E-state index in [0.29, 0.717) is 0 Å². The molecular formula is C11H21NO2. The van der Waals surface area contributed by atoms with Gasteiger partial charge in [-0.2, -0.15) is 0 Å². The van der Waals surface area contributed by atoms with Crippen LogP contribution in [0.3, 0.4) is 0 Å². The molecule has 1 rings (SSSR count). The fraction of sp³-hybridized carbons (Fsp3) is 0.909. The number of carbonyl (C=O) groups is 1. The third-order valence-electron chi connectivity index (χ3n) is 2.86. The van der Waals surface area contributed by atoms with Crippen LogP contribution in [0.1, 0.15) is 38.5 Å². The van der Waals surface area contributed by atoms with E-state index in [1.54, 1.807) is 0 Å². The van der Waals surface area contributed by atoms with Crippen LogP contribution in [0.2, 0.25) is 0 Å². The lowest BCUT2D eigenvalue weighted by Gasteiger charge is -2.08. The Balaban J connectivity index is 1.90. The lowest BCUT2D eigenvalue weighted by Crippen LogP contribution is -2.28. The number of hydrogen-bond acceptors (Lipinski definition) is 2. The van der Waals surface area contributed by atoms with Crippen LogP contribution in [0.4, 0.5) is 0 Å². The van der Waals surface area contributed by atoms with Crippen molar-refractivity contribution in [3.63, 3.8) is 0 Å². The van der Waals surface area contributed by atoms with E-state index in [9.17, 15) is 4.79 Å². The Morgan fingerprint density at radius 1 is 1.43 bits per heavy atom. The first kappa shape index (κ1) is 11.5. The van der Waals surface area contributed by atoms with Crippen LogP contribution >= 0.6 is 0 Å².